The summed E-state index contributed by atoms with van der Waals surface area (Å²) in [7, 11) is 0. The summed E-state index contributed by atoms with van der Waals surface area (Å²) in [5.41, 5.74) is -5.12. The van der Waals surface area contributed by atoms with E-state index < -0.39 is 39.9 Å². The number of ether oxygens (including phenoxy) is 3. The Morgan fingerprint density at radius 2 is 0.963 bits per heavy atom. The van der Waals surface area contributed by atoms with Gasteiger partial charge >= 0.3 is 17.9 Å². The average Bonchev–Trinajstić information content (AvgIpc) is 2.53. The zero-order valence-corrected chi connectivity index (χ0v) is 17.7. The van der Waals surface area contributed by atoms with E-state index in [4.69, 9.17) is 14.2 Å². The molecule has 0 aromatic rings. The lowest BCUT2D eigenvalue weighted by atomic mass is 9.90. The minimum absolute atomic E-state index is 0.173. The highest BCUT2D eigenvalue weighted by atomic mass is 16.6. The molecule has 0 radical (unpaired) electrons. The number of aliphatic hydroxyl groups is 2. The van der Waals surface area contributed by atoms with E-state index in [-0.39, 0.29) is 19.8 Å². The third-order valence-electron chi connectivity index (χ3n) is 4.09. The number of hydrogen-bond donors (Lipinski definition) is 2. The Balaban J connectivity index is 5.16. The van der Waals surface area contributed by atoms with Crippen molar-refractivity contribution < 1.29 is 38.8 Å². The summed E-state index contributed by atoms with van der Waals surface area (Å²) >= 11 is 0. The van der Waals surface area contributed by atoms with Crippen LogP contribution < -0.4 is 0 Å². The van der Waals surface area contributed by atoms with Crippen LogP contribution in [-0.2, 0) is 28.6 Å². The van der Waals surface area contributed by atoms with Crippen molar-refractivity contribution >= 4 is 17.9 Å². The minimum atomic E-state index is -1.69. The molecule has 0 aliphatic carbocycles. The quantitative estimate of drug-likeness (QED) is 0.426. The standard InChI is InChI=1S/C19H34O8/c1-9-16(2,3)13(20)25-10-19(8,11-26-14(21)17(4,5)23)12-27-15(22)18(6,7)24/h23-24H,9-12H2,1-8H3. The maximum atomic E-state index is 12.2. The number of hydrogen-bond acceptors (Lipinski definition) is 8. The van der Waals surface area contributed by atoms with Crippen molar-refractivity contribution in [1.82, 2.24) is 0 Å². The second-order valence-electron chi connectivity index (χ2n) is 8.89. The number of rotatable bonds is 10. The first-order chi connectivity index (χ1) is 11.9. The molecule has 0 saturated carbocycles. The van der Waals surface area contributed by atoms with Crippen LogP contribution in [0.2, 0.25) is 0 Å². The van der Waals surface area contributed by atoms with Gasteiger partial charge in [0.15, 0.2) is 11.2 Å². The van der Waals surface area contributed by atoms with Crippen molar-refractivity contribution in [1.29, 1.82) is 0 Å². The van der Waals surface area contributed by atoms with Crippen LogP contribution >= 0.6 is 0 Å². The van der Waals surface area contributed by atoms with Crippen molar-refractivity contribution in [2.24, 2.45) is 10.8 Å². The third kappa shape index (κ3) is 8.71. The predicted molar refractivity (Wildman–Crippen MR) is 97.7 cm³/mol. The highest BCUT2D eigenvalue weighted by molar-refractivity contribution is 5.78. The van der Waals surface area contributed by atoms with Gasteiger partial charge < -0.3 is 24.4 Å². The van der Waals surface area contributed by atoms with Crippen LogP contribution in [0.3, 0.4) is 0 Å². The first kappa shape index (κ1) is 25.3. The topological polar surface area (TPSA) is 119 Å². The zero-order valence-electron chi connectivity index (χ0n) is 17.7. The van der Waals surface area contributed by atoms with E-state index in [2.05, 4.69) is 0 Å². The summed E-state index contributed by atoms with van der Waals surface area (Å²) in [6.45, 7) is 11.4. The van der Waals surface area contributed by atoms with E-state index in [1.807, 2.05) is 6.92 Å². The lowest BCUT2D eigenvalue weighted by Crippen LogP contribution is -2.43. The van der Waals surface area contributed by atoms with Crippen LogP contribution in [-0.4, -0.2) is 59.1 Å². The third-order valence-corrected chi connectivity index (χ3v) is 4.09. The monoisotopic (exact) mass is 390 g/mol. The number of carbonyl (C=O) groups excluding carboxylic acids is 3. The zero-order chi connectivity index (χ0) is 21.7. The molecule has 2 N–H and O–H groups in total. The average molecular weight is 390 g/mol. The van der Waals surface area contributed by atoms with Gasteiger partial charge in [-0.2, -0.15) is 0 Å². The smallest absolute Gasteiger partial charge is 0.337 e. The lowest BCUT2D eigenvalue weighted by Gasteiger charge is -2.31. The summed E-state index contributed by atoms with van der Waals surface area (Å²) in [6, 6.07) is 0. The molecule has 0 unspecified atom stereocenters. The molecule has 0 saturated heterocycles. The highest BCUT2D eigenvalue weighted by Crippen LogP contribution is 2.25. The Bertz CT molecular complexity index is 507. The van der Waals surface area contributed by atoms with E-state index >= 15 is 0 Å². The fourth-order valence-corrected chi connectivity index (χ4v) is 1.54. The number of esters is 3. The van der Waals surface area contributed by atoms with Gasteiger partial charge in [-0.25, -0.2) is 9.59 Å². The van der Waals surface area contributed by atoms with Gasteiger partial charge in [-0.15, -0.1) is 0 Å². The Labute approximate surface area is 161 Å². The Kier molecular flexibility index (Phi) is 8.46. The van der Waals surface area contributed by atoms with E-state index in [0.717, 1.165) is 0 Å². The molecule has 8 heteroatoms. The van der Waals surface area contributed by atoms with Crippen LogP contribution in [0.25, 0.3) is 0 Å². The van der Waals surface area contributed by atoms with Gasteiger partial charge in [-0.1, -0.05) is 6.92 Å². The van der Waals surface area contributed by atoms with E-state index in [9.17, 15) is 24.6 Å². The van der Waals surface area contributed by atoms with Gasteiger partial charge in [0, 0.05) is 0 Å². The summed E-state index contributed by atoms with van der Waals surface area (Å²) in [5, 5.41) is 19.4. The first-order valence-electron chi connectivity index (χ1n) is 8.91. The van der Waals surface area contributed by atoms with E-state index in [1.54, 1.807) is 20.8 Å². The number of carbonyl (C=O) groups is 3. The van der Waals surface area contributed by atoms with Gasteiger partial charge in [0.2, 0.25) is 0 Å². The molecule has 0 aromatic carbocycles. The molecule has 0 rings (SSSR count). The molecule has 27 heavy (non-hydrogen) atoms. The summed E-state index contributed by atoms with van der Waals surface area (Å²) in [4.78, 5) is 35.9. The molecular formula is C19H34O8. The molecule has 0 aliphatic rings. The SMILES string of the molecule is CCC(C)(C)C(=O)OCC(C)(COC(=O)C(C)(C)O)COC(=O)C(C)(C)O. The summed E-state index contributed by atoms with van der Waals surface area (Å²) < 4.78 is 15.6. The fraction of sp³-hybridized carbons (Fsp3) is 0.842. The van der Waals surface area contributed by atoms with Crippen molar-refractivity contribution in [3.8, 4) is 0 Å². The van der Waals surface area contributed by atoms with Gasteiger partial charge in [0.05, 0.1) is 10.8 Å². The highest BCUT2D eigenvalue weighted by Gasteiger charge is 2.37. The largest absolute Gasteiger partial charge is 0.464 e. The van der Waals surface area contributed by atoms with Gasteiger partial charge in [-0.05, 0) is 54.9 Å². The maximum absolute atomic E-state index is 12.2. The van der Waals surface area contributed by atoms with Crippen LogP contribution in [0.1, 0.15) is 61.8 Å². The Morgan fingerprint density at radius 3 is 1.22 bits per heavy atom. The minimum Gasteiger partial charge on any atom is -0.464 e. The maximum Gasteiger partial charge on any atom is 0.337 e. The summed E-state index contributed by atoms with van der Waals surface area (Å²) in [6.07, 6.45) is 0.573. The Morgan fingerprint density at radius 1 is 0.667 bits per heavy atom. The second-order valence-corrected chi connectivity index (χ2v) is 8.89. The van der Waals surface area contributed by atoms with E-state index in [0.29, 0.717) is 6.42 Å². The Hall–Kier alpha value is -1.67. The molecule has 158 valence electrons. The molecule has 0 fully saturated rings. The van der Waals surface area contributed by atoms with Gasteiger partial charge in [-0.3, -0.25) is 4.79 Å². The molecule has 8 nitrogen and oxygen atoms in total. The van der Waals surface area contributed by atoms with Gasteiger partial charge in [0.25, 0.3) is 0 Å². The van der Waals surface area contributed by atoms with Crippen LogP contribution in [0, 0.1) is 10.8 Å². The van der Waals surface area contributed by atoms with Crippen molar-refractivity contribution in [3.63, 3.8) is 0 Å². The fourth-order valence-electron chi connectivity index (χ4n) is 1.54. The van der Waals surface area contributed by atoms with Crippen molar-refractivity contribution in [2.75, 3.05) is 19.8 Å². The predicted octanol–water partition coefficient (Wildman–Crippen LogP) is 1.60. The molecule has 0 bridgehead atoms. The van der Waals surface area contributed by atoms with E-state index in [1.165, 1.54) is 27.7 Å². The first-order valence-corrected chi connectivity index (χ1v) is 8.91. The molecule has 0 spiro atoms. The van der Waals surface area contributed by atoms with Crippen molar-refractivity contribution in [3.05, 3.63) is 0 Å². The molecule has 0 aromatic heterocycles. The molecule has 0 atom stereocenters. The van der Waals surface area contributed by atoms with Crippen LogP contribution in [0.15, 0.2) is 0 Å². The normalized spacial score (nSPS) is 13.1. The molecule has 0 amide bonds. The van der Waals surface area contributed by atoms with Crippen molar-refractivity contribution in [2.45, 2.75) is 73.0 Å². The van der Waals surface area contributed by atoms with Gasteiger partial charge in [0.1, 0.15) is 19.8 Å². The molecule has 0 heterocycles. The lowest BCUT2D eigenvalue weighted by molar-refractivity contribution is -0.177. The molecular weight excluding hydrogens is 356 g/mol. The second kappa shape index (κ2) is 9.01. The summed E-state index contributed by atoms with van der Waals surface area (Å²) in [5.74, 6) is -2.15. The van der Waals surface area contributed by atoms with Crippen LogP contribution in [0.5, 0.6) is 0 Å². The van der Waals surface area contributed by atoms with Crippen LogP contribution in [0.4, 0.5) is 0 Å². The molecule has 0 aliphatic heterocycles.